The molecule has 1 aromatic carbocycles. The number of carbonyl (C=O) groups is 1. The molecule has 136 valence electrons. The van der Waals surface area contributed by atoms with E-state index >= 15 is 0 Å². The Morgan fingerprint density at radius 1 is 1.15 bits per heavy atom. The van der Waals surface area contributed by atoms with Crippen molar-refractivity contribution < 1.29 is 14.3 Å². The Hall–Kier alpha value is -3.09. The van der Waals surface area contributed by atoms with Crippen LogP contribution in [-0.2, 0) is 17.6 Å². The van der Waals surface area contributed by atoms with Crippen LogP contribution < -0.4 is 14.8 Å². The highest BCUT2D eigenvalue weighted by atomic mass is 16.5. The third-order valence-electron chi connectivity index (χ3n) is 4.08. The summed E-state index contributed by atoms with van der Waals surface area (Å²) in [5.41, 5.74) is 2.64. The van der Waals surface area contributed by atoms with Crippen LogP contribution in [0.2, 0.25) is 0 Å². The SMILES string of the molecule is COc1ccc(CCNC(=O)CCc2nc3ncccc3[nH]2)cc1OC. The second-order valence-electron chi connectivity index (χ2n) is 5.85. The molecule has 0 unspecified atom stereocenters. The molecule has 3 rings (SSSR count). The van der Waals surface area contributed by atoms with Gasteiger partial charge in [-0.2, -0.15) is 0 Å². The van der Waals surface area contributed by atoms with Gasteiger partial charge in [0.2, 0.25) is 5.91 Å². The molecule has 0 aliphatic rings. The third kappa shape index (κ3) is 4.30. The number of H-pyrrole nitrogens is 1. The summed E-state index contributed by atoms with van der Waals surface area (Å²) in [6.07, 6.45) is 3.36. The largest absolute Gasteiger partial charge is 0.493 e. The molecule has 0 spiro atoms. The van der Waals surface area contributed by atoms with Gasteiger partial charge in [-0.1, -0.05) is 6.07 Å². The molecule has 0 saturated heterocycles. The first-order chi connectivity index (χ1) is 12.7. The third-order valence-corrected chi connectivity index (χ3v) is 4.08. The first-order valence-electron chi connectivity index (χ1n) is 8.47. The van der Waals surface area contributed by atoms with Crippen LogP contribution in [0, 0.1) is 0 Å². The van der Waals surface area contributed by atoms with E-state index in [1.165, 1.54) is 0 Å². The molecule has 0 atom stereocenters. The quantitative estimate of drug-likeness (QED) is 0.648. The van der Waals surface area contributed by atoms with Gasteiger partial charge in [-0.3, -0.25) is 4.79 Å². The van der Waals surface area contributed by atoms with Gasteiger partial charge in [0.1, 0.15) is 5.82 Å². The lowest BCUT2D eigenvalue weighted by molar-refractivity contribution is -0.121. The average Bonchev–Trinajstić information content (AvgIpc) is 3.09. The molecule has 3 aromatic rings. The first kappa shape index (κ1) is 17.7. The summed E-state index contributed by atoms with van der Waals surface area (Å²) in [6, 6.07) is 9.53. The molecule has 1 amide bonds. The number of hydrogen-bond acceptors (Lipinski definition) is 5. The van der Waals surface area contributed by atoms with E-state index in [9.17, 15) is 4.79 Å². The molecule has 7 heteroatoms. The summed E-state index contributed by atoms with van der Waals surface area (Å²) in [6.45, 7) is 0.565. The van der Waals surface area contributed by atoms with Crippen LogP contribution in [0.3, 0.4) is 0 Å². The highest BCUT2D eigenvalue weighted by Gasteiger charge is 2.08. The zero-order valence-corrected chi connectivity index (χ0v) is 14.9. The normalized spacial score (nSPS) is 10.7. The highest BCUT2D eigenvalue weighted by Crippen LogP contribution is 2.27. The van der Waals surface area contributed by atoms with E-state index in [0.717, 1.165) is 23.3 Å². The standard InChI is InChI=1S/C19H22N4O3/c1-25-15-6-5-13(12-16(15)26-2)9-11-20-18(24)8-7-17-22-14-4-3-10-21-19(14)23-17/h3-6,10,12H,7-9,11H2,1-2H3,(H,20,24)(H,21,22,23). The van der Waals surface area contributed by atoms with Crippen molar-refractivity contribution in [2.45, 2.75) is 19.3 Å². The minimum Gasteiger partial charge on any atom is -0.493 e. The van der Waals surface area contributed by atoms with Crippen molar-refractivity contribution in [3.63, 3.8) is 0 Å². The van der Waals surface area contributed by atoms with Gasteiger partial charge in [-0.15, -0.1) is 0 Å². The molecule has 0 aliphatic carbocycles. The van der Waals surface area contributed by atoms with Crippen LogP contribution in [-0.4, -0.2) is 41.6 Å². The average molecular weight is 354 g/mol. The van der Waals surface area contributed by atoms with Crippen LogP contribution >= 0.6 is 0 Å². The van der Waals surface area contributed by atoms with Crippen molar-refractivity contribution in [3.05, 3.63) is 47.9 Å². The number of aromatic amines is 1. The number of benzene rings is 1. The lowest BCUT2D eigenvalue weighted by atomic mass is 10.1. The van der Waals surface area contributed by atoms with Crippen molar-refractivity contribution in [1.29, 1.82) is 0 Å². The number of methoxy groups -OCH3 is 2. The fourth-order valence-electron chi connectivity index (χ4n) is 2.72. The van der Waals surface area contributed by atoms with Gasteiger partial charge in [-0.25, -0.2) is 9.97 Å². The number of imidazole rings is 1. The van der Waals surface area contributed by atoms with Crippen molar-refractivity contribution in [2.75, 3.05) is 20.8 Å². The van der Waals surface area contributed by atoms with Crippen LogP contribution in [0.15, 0.2) is 36.5 Å². The summed E-state index contributed by atoms with van der Waals surface area (Å²) in [7, 11) is 3.22. The minimum absolute atomic E-state index is 0.00103. The van der Waals surface area contributed by atoms with E-state index in [2.05, 4.69) is 20.3 Å². The fraction of sp³-hybridized carbons (Fsp3) is 0.316. The monoisotopic (exact) mass is 354 g/mol. The molecular formula is C19H22N4O3. The molecule has 2 aromatic heterocycles. The number of aryl methyl sites for hydroxylation is 1. The van der Waals surface area contributed by atoms with Gasteiger partial charge in [0.25, 0.3) is 0 Å². The Bertz CT molecular complexity index is 858. The topological polar surface area (TPSA) is 89.1 Å². The molecule has 0 bridgehead atoms. The van der Waals surface area contributed by atoms with Crippen molar-refractivity contribution in [3.8, 4) is 11.5 Å². The number of hydrogen-bond donors (Lipinski definition) is 2. The summed E-state index contributed by atoms with van der Waals surface area (Å²) in [4.78, 5) is 23.8. The maximum Gasteiger partial charge on any atom is 0.220 e. The number of nitrogens with zero attached hydrogens (tertiary/aromatic N) is 2. The van der Waals surface area contributed by atoms with Gasteiger partial charge >= 0.3 is 0 Å². The lowest BCUT2D eigenvalue weighted by Crippen LogP contribution is -2.26. The number of nitrogens with one attached hydrogen (secondary N) is 2. The van der Waals surface area contributed by atoms with E-state index in [1.54, 1.807) is 20.4 Å². The summed E-state index contributed by atoms with van der Waals surface area (Å²) in [5.74, 6) is 2.16. The number of amides is 1. The fourth-order valence-corrected chi connectivity index (χ4v) is 2.72. The first-order valence-corrected chi connectivity index (χ1v) is 8.47. The number of pyridine rings is 1. The molecule has 0 radical (unpaired) electrons. The van der Waals surface area contributed by atoms with E-state index in [1.807, 2.05) is 30.3 Å². The second kappa shape index (κ2) is 8.33. The van der Waals surface area contributed by atoms with Crippen LogP contribution in [0.25, 0.3) is 11.2 Å². The lowest BCUT2D eigenvalue weighted by Gasteiger charge is -2.10. The van der Waals surface area contributed by atoms with Gasteiger partial charge in [0.15, 0.2) is 17.1 Å². The number of ether oxygens (including phenoxy) is 2. The maximum absolute atomic E-state index is 12.0. The van der Waals surface area contributed by atoms with E-state index in [0.29, 0.717) is 36.5 Å². The van der Waals surface area contributed by atoms with Crippen LogP contribution in [0.4, 0.5) is 0 Å². The minimum atomic E-state index is -0.00103. The number of rotatable bonds is 8. The molecule has 26 heavy (non-hydrogen) atoms. The molecule has 0 fully saturated rings. The van der Waals surface area contributed by atoms with Crippen molar-refractivity contribution in [2.24, 2.45) is 0 Å². The maximum atomic E-state index is 12.0. The van der Waals surface area contributed by atoms with E-state index < -0.39 is 0 Å². The molecular weight excluding hydrogens is 332 g/mol. The number of fused-ring (bicyclic) bond motifs is 1. The number of carbonyl (C=O) groups excluding carboxylic acids is 1. The van der Waals surface area contributed by atoms with Gasteiger partial charge in [-0.05, 0) is 36.2 Å². The Kier molecular flexibility index (Phi) is 5.68. The van der Waals surface area contributed by atoms with Crippen LogP contribution in [0.5, 0.6) is 11.5 Å². The predicted molar refractivity (Wildman–Crippen MR) is 98.5 cm³/mol. The zero-order chi connectivity index (χ0) is 18.4. The molecule has 7 nitrogen and oxygen atoms in total. The highest BCUT2D eigenvalue weighted by molar-refractivity contribution is 5.76. The van der Waals surface area contributed by atoms with Gasteiger partial charge in [0.05, 0.1) is 19.7 Å². The molecule has 0 saturated carbocycles. The summed E-state index contributed by atoms with van der Waals surface area (Å²) < 4.78 is 10.5. The van der Waals surface area contributed by atoms with Crippen LogP contribution in [0.1, 0.15) is 17.8 Å². The molecule has 0 aliphatic heterocycles. The van der Waals surface area contributed by atoms with E-state index in [4.69, 9.17) is 9.47 Å². The Labute approximate surface area is 151 Å². The molecule has 2 N–H and O–H groups in total. The van der Waals surface area contributed by atoms with Crippen molar-refractivity contribution >= 4 is 17.1 Å². The number of aromatic nitrogens is 3. The smallest absolute Gasteiger partial charge is 0.220 e. The Morgan fingerprint density at radius 2 is 2.00 bits per heavy atom. The summed E-state index contributed by atoms with van der Waals surface area (Å²) in [5, 5.41) is 2.93. The van der Waals surface area contributed by atoms with Gasteiger partial charge < -0.3 is 19.8 Å². The van der Waals surface area contributed by atoms with Crippen molar-refractivity contribution in [1.82, 2.24) is 20.3 Å². The molecule has 2 heterocycles. The van der Waals surface area contributed by atoms with Gasteiger partial charge in [0, 0.05) is 25.6 Å². The van der Waals surface area contributed by atoms with E-state index in [-0.39, 0.29) is 5.91 Å². The second-order valence-corrected chi connectivity index (χ2v) is 5.85. The predicted octanol–water partition coefficient (Wildman–Crippen LogP) is 2.27. The summed E-state index contributed by atoms with van der Waals surface area (Å²) >= 11 is 0. The Balaban J connectivity index is 1.45. The zero-order valence-electron chi connectivity index (χ0n) is 14.9. The Morgan fingerprint density at radius 3 is 2.77 bits per heavy atom.